The third-order valence-corrected chi connectivity index (χ3v) is 3.82. The van der Waals surface area contributed by atoms with Crippen LogP contribution in [0.4, 0.5) is 16.2 Å². The molecule has 124 valence electrons. The summed E-state index contributed by atoms with van der Waals surface area (Å²) < 4.78 is 6.00. The first-order valence-electron chi connectivity index (χ1n) is 7.88. The molecule has 0 saturated carbocycles. The van der Waals surface area contributed by atoms with Gasteiger partial charge in [0.1, 0.15) is 17.5 Å². The van der Waals surface area contributed by atoms with Crippen LogP contribution in [-0.4, -0.2) is 41.3 Å². The molecule has 6 nitrogen and oxygen atoms in total. The van der Waals surface area contributed by atoms with E-state index in [-0.39, 0.29) is 12.1 Å². The van der Waals surface area contributed by atoms with E-state index < -0.39 is 0 Å². The summed E-state index contributed by atoms with van der Waals surface area (Å²) in [5, 5.41) is 2.84. The van der Waals surface area contributed by atoms with Crippen LogP contribution >= 0.6 is 0 Å². The van der Waals surface area contributed by atoms with Crippen LogP contribution in [0.25, 0.3) is 0 Å². The molecule has 1 fully saturated rings. The van der Waals surface area contributed by atoms with Crippen molar-refractivity contribution in [3.8, 4) is 5.75 Å². The average molecular weight is 324 g/mol. The molecule has 0 spiro atoms. The fourth-order valence-corrected chi connectivity index (χ4v) is 2.52. The third-order valence-electron chi connectivity index (χ3n) is 3.82. The molecule has 0 bridgehead atoms. The van der Waals surface area contributed by atoms with Gasteiger partial charge < -0.3 is 15.0 Å². The summed E-state index contributed by atoms with van der Waals surface area (Å²) in [5.74, 6) is 0.757. The number of likely N-dealkylation sites (tertiary alicyclic amines) is 1. The molecule has 1 N–H and O–H groups in total. The van der Waals surface area contributed by atoms with Gasteiger partial charge in [0.25, 0.3) is 0 Å². The molecule has 1 aromatic carbocycles. The molecule has 0 unspecified atom stereocenters. The van der Waals surface area contributed by atoms with E-state index in [0.29, 0.717) is 13.1 Å². The minimum Gasteiger partial charge on any atom is -0.484 e. The van der Waals surface area contributed by atoms with Crippen molar-refractivity contribution in [2.45, 2.75) is 20.0 Å². The van der Waals surface area contributed by atoms with Gasteiger partial charge in [-0.1, -0.05) is 12.1 Å². The molecule has 1 aliphatic heterocycles. The van der Waals surface area contributed by atoms with E-state index in [1.54, 1.807) is 35.6 Å². The van der Waals surface area contributed by atoms with Crippen molar-refractivity contribution in [3.63, 3.8) is 0 Å². The van der Waals surface area contributed by atoms with E-state index >= 15 is 0 Å². The Balaban J connectivity index is 1.56. The maximum atomic E-state index is 12.1. The second kappa shape index (κ2) is 7.12. The smallest absolute Gasteiger partial charge is 0.322 e. The van der Waals surface area contributed by atoms with Crippen molar-refractivity contribution >= 4 is 23.6 Å². The second-order valence-electron chi connectivity index (χ2n) is 5.62. The largest absolute Gasteiger partial charge is 0.484 e. The van der Waals surface area contributed by atoms with Crippen molar-refractivity contribution in [2.24, 2.45) is 4.99 Å². The van der Waals surface area contributed by atoms with Crippen molar-refractivity contribution in [3.05, 3.63) is 48.3 Å². The number of hydrogen-bond acceptors (Lipinski definition) is 4. The van der Waals surface area contributed by atoms with Gasteiger partial charge >= 0.3 is 6.03 Å². The van der Waals surface area contributed by atoms with Crippen LogP contribution in [0.15, 0.2) is 47.7 Å². The lowest BCUT2D eigenvalue weighted by molar-refractivity contribution is 0.0497. The number of hydrogen-bond donors (Lipinski definition) is 1. The second-order valence-corrected chi connectivity index (χ2v) is 5.62. The van der Waals surface area contributed by atoms with Crippen LogP contribution in [0, 0.1) is 6.92 Å². The molecule has 2 heterocycles. The highest BCUT2D eigenvalue weighted by atomic mass is 16.5. The van der Waals surface area contributed by atoms with Gasteiger partial charge in [-0.15, -0.1) is 0 Å². The number of nitrogens with one attached hydrogen (secondary N) is 1. The normalized spacial score (nSPS) is 14.5. The SMILES string of the molecule is CC=Nc1c(C)cccc1OC1CN(C(=O)Nc2ccncc2)C1. The number of benzene rings is 1. The number of amides is 2. The van der Waals surface area contributed by atoms with E-state index in [1.807, 2.05) is 32.0 Å². The number of carbonyl (C=O) groups excluding carboxylic acids is 1. The van der Waals surface area contributed by atoms with Gasteiger partial charge in [-0.05, 0) is 37.6 Å². The molecule has 1 saturated heterocycles. The number of anilines is 1. The topological polar surface area (TPSA) is 66.8 Å². The van der Waals surface area contributed by atoms with Crippen molar-refractivity contribution in [1.29, 1.82) is 0 Å². The van der Waals surface area contributed by atoms with E-state index in [4.69, 9.17) is 4.74 Å². The van der Waals surface area contributed by atoms with E-state index in [9.17, 15) is 4.79 Å². The first kappa shape index (κ1) is 16.0. The van der Waals surface area contributed by atoms with Crippen LogP contribution in [0.5, 0.6) is 5.75 Å². The zero-order valence-electron chi connectivity index (χ0n) is 13.8. The number of urea groups is 1. The van der Waals surface area contributed by atoms with Crippen molar-refractivity contribution in [2.75, 3.05) is 18.4 Å². The van der Waals surface area contributed by atoms with Gasteiger partial charge in [-0.25, -0.2) is 4.79 Å². The summed E-state index contributed by atoms with van der Waals surface area (Å²) in [6, 6.07) is 9.25. The highest BCUT2D eigenvalue weighted by Crippen LogP contribution is 2.32. The Kier molecular flexibility index (Phi) is 4.74. The first-order valence-corrected chi connectivity index (χ1v) is 7.88. The van der Waals surface area contributed by atoms with E-state index in [1.165, 1.54) is 0 Å². The predicted octanol–water partition coefficient (Wildman–Crippen LogP) is 3.41. The van der Waals surface area contributed by atoms with Crippen LogP contribution < -0.4 is 10.1 Å². The maximum absolute atomic E-state index is 12.1. The van der Waals surface area contributed by atoms with E-state index in [0.717, 1.165) is 22.7 Å². The molecule has 2 aromatic rings. The molecule has 1 aliphatic rings. The number of ether oxygens (including phenoxy) is 1. The minimum absolute atomic E-state index is 0.0132. The Labute approximate surface area is 141 Å². The highest BCUT2D eigenvalue weighted by molar-refractivity contribution is 5.89. The lowest BCUT2D eigenvalue weighted by Gasteiger charge is -2.39. The van der Waals surface area contributed by atoms with Gasteiger partial charge in [0.05, 0.1) is 13.1 Å². The molecule has 0 radical (unpaired) electrons. The molecule has 0 atom stereocenters. The van der Waals surface area contributed by atoms with Crippen LogP contribution in [0.3, 0.4) is 0 Å². The Morgan fingerprint density at radius 2 is 2.08 bits per heavy atom. The molecular formula is C18H20N4O2. The number of nitrogens with zero attached hydrogens (tertiary/aromatic N) is 3. The fourth-order valence-electron chi connectivity index (χ4n) is 2.52. The highest BCUT2D eigenvalue weighted by Gasteiger charge is 2.32. The monoisotopic (exact) mass is 324 g/mol. The number of aryl methyl sites for hydroxylation is 1. The number of aliphatic imine (C=N–C) groups is 1. The van der Waals surface area contributed by atoms with Gasteiger partial charge in [0.15, 0.2) is 0 Å². The fraction of sp³-hybridized carbons (Fsp3) is 0.278. The molecular weight excluding hydrogens is 304 g/mol. The number of rotatable bonds is 4. The van der Waals surface area contributed by atoms with Crippen molar-refractivity contribution in [1.82, 2.24) is 9.88 Å². The van der Waals surface area contributed by atoms with Crippen LogP contribution in [-0.2, 0) is 0 Å². The maximum Gasteiger partial charge on any atom is 0.322 e. The third kappa shape index (κ3) is 3.53. The summed E-state index contributed by atoms with van der Waals surface area (Å²) in [5.41, 5.74) is 2.65. The lowest BCUT2D eigenvalue weighted by atomic mass is 10.1. The molecule has 3 rings (SSSR count). The Hall–Kier alpha value is -2.89. The number of pyridine rings is 1. The summed E-state index contributed by atoms with van der Waals surface area (Å²) in [7, 11) is 0. The molecule has 24 heavy (non-hydrogen) atoms. The first-order chi connectivity index (χ1) is 11.7. The van der Waals surface area contributed by atoms with Gasteiger partial charge in [-0.3, -0.25) is 9.98 Å². The zero-order chi connectivity index (χ0) is 16.9. The average Bonchev–Trinajstić information content (AvgIpc) is 2.54. The molecule has 2 amide bonds. The van der Waals surface area contributed by atoms with Gasteiger partial charge in [0, 0.05) is 24.3 Å². The predicted molar refractivity (Wildman–Crippen MR) is 94.2 cm³/mol. The molecule has 6 heteroatoms. The minimum atomic E-state index is -0.128. The van der Waals surface area contributed by atoms with Gasteiger partial charge in [0.2, 0.25) is 0 Å². The van der Waals surface area contributed by atoms with E-state index in [2.05, 4.69) is 15.3 Å². The quantitative estimate of drug-likeness (QED) is 0.876. The number of carbonyl (C=O) groups is 1. The summed E-state index contributed by atoms with van der Waals surface area (Å²) in [6.45, 7) is 5.00. The van der Waals surface area contributed by atoms with Crippen LogP contribution in [0.2, 0.25) is 0 Å². The number of aromatic nitrogens is 1. The molecule has 0 aliphatic carbocycles. The Morgan fingerprint density at radius 3 is 2.79 bits per heavy atom. The van der Waals surface area contributed by atoms with Gasteiger partial charge in [-0.2, -0.15) is 0 Å². The zero-order valence-corrected chi connectivity index (χ0v) is 13.8. The Bertz CT molecular complexity index is 740. The Morgan fingerprint density at radius 1 is 1.33 bits per heavy atom. The summed E-state index contributed by atoms with van der Waals surface area (Å²) in [6.07, 6.45) is 5.03. The lowest BCUT2D eigenvalue weighted by Crippen LogP contribution is -2.57. The standard InChI is InChI=1S/C18H20N4O2/c1-3-20-17-13(2)5-4-6-16(17)24-15-11-22(12-15)18(23)21-14-7-9-19-10-8-14/h3-10,15H,11-12H2,1-2H3,(H,19,21,23). The summed E-state index contributed by atoms with van der Waals surface area (Å²) in [4.78, 5) is 22.1. The number of para-hydroxylation sites is 1. The summed E-state index contributed by atoms with van der Waals surface area (Å²) >= 11 is 0. The van der Waals surface area contributed by atoms with Crippen LogP contribution in [0.1, 0.15) is 12.5 Å². The molecule has 1 aromatic heterocycles. The van der Waals surface area contributed by atoms with Crippen molar-refractivity contribution < 1.29 is 9.53 Å².